The topological polar surface area (TPSA) is 52.5 Å². The van der Waals surface area contributed by atoms with E-state index in [2.05, 4.69) is 63.3 Å². The standard InChI is InChI=1S/C23H23N3O2/c27-23-24-22-18(7-4-10-21(22)28-23)11-12-25-13-15-26(16-14-25)20-9-3-6-17-5-1-2-8-19(17)20/h1-10H,11-16H2,(H,24,27). The average Bonchev–Trinajstić information content (AvgIpc) is 3.13. The maximum Gasteiger partial charge on any atom is 0.417 e. The molecule has 28 heavy (non-hydrogen) atoms. The number of H-pyrrole nitrogens is 1. The molecule has 2 heterocycles. The highest BCUT2D eigenvalue weighted by atomic mass is 16.4. The van der Waals surface area contributed by atoms with Crippen LogP contribution in [0, 0.1) is 0 Å². The third-order valence-electron chi connectivity index (χ3n) is 5.72. The third kappa shape index (κ3) is 3.18. The minimum atomic E-state index is -0.383. The predicted octanol–water partition coefficient (Wildman–Crippen LogP) is 3.64. The van der Waals surface area contributed by atoms with Gasteiger partial charge in [0, 0.05) is 43.8 Å². The Bertz CT molecular complexity index is 1160. The highest BCUT2D eigenvalue weighted by Crippen LogP contribution is 2.27. The zero-order chi connectivity index (χ0) is 18.9. The van der Waals surface area contributed by atoms with Crippen LogP contribution in [0.2, 0.25) is 0 Å². The lowest BCUT2D eigenvalue weighted by Gasteiger charge is -2.36. The van der Waals surface area contributed by atoms with Gasteiger partial charge in [-0.15, -0.1) is 0 Å². The monoisotopic (exact) mass is 373 g/mol. The number of aromatic nitrogens is 1. The van der Waals surface area contributed by atoms with Crippen molar-refractivity contribution in [3.8, 4) is 0 Å². The van der Waals surface area contributed by atoms with E-state index in [0.29, 0.717) is 5.58 Å². The van der Waals surface area contributed by atoms with Crippen LogP contribution in [-0.4, -0.2) is 42.6 Å². The van der Waals surface area contributed by atoms with E-state index < -0.39 is 0 Å². The molecule has 3 aromatic carbocycles. The quantitative estimate of drug-likeness (QED) is 0.593. The lowest BCUT2D eigenvalue weighted by Crippen LogP contribution is -2.47. The first-order chi connectivity index (χ1) is 13.8. The molecule has 1 aromatic heterocycles. The molecule has 1 saturated heterocycles. The molecular formula is C23H23N3O2. The van der Waals surface area contributed by atoms with Crippen molar-refractivity contribution < 1.29 is 4.42 Å². The molecule has 1 aliphatic rings. The molecule has 0 radical (unpaired) electrons. The van der Waals surface area contributed by atoms with E-state index in [0.717, 1.165) is 50.2 Å². The van der Waals surface area contributed by atoms with Crippen LogP contribution in [0.25, 0.3) is 21.9 Å². The van der Waals surface area contributed by atoms with Gasteiger partial charge in [-0.25, -0.2) is 4.79 Å². The number of piperazine rings is 1. The van der Waals surface area contributed by atoms with Crippen molar-refractivity contribution in [2.45, 2.75) is 6.42 Å². The van der Waals surface area contributed by atoms with E-state index in [1.54, 1.807) is 0 Å². The highest BCUT2D eigenvalue weighted by molar-refractivity contribution is 5.94. The Balaban J connectivity index is 1.25. The van der Waals surface area contributed by atoms with Gasteiger partial charge in [0.15, 0.2) is 5.58 Å². The summed E-state index contributed by atoms with van der Waals surface area (Å²) in [6, 6.07) is 21.0. The molecule has 4 aromatic rings. The van der Waals surface area contributed by atoms with Gasteiger partial charge in [0.05, 0.1) is 5.52 Å². The van der Waals surface area contributed by atoms with Crippen LogP contribution in [0.5, 0.6) is 0 Å². The van der Waals surface area contributed by atoms with Gasteiger partial charge in [0.1, 0.15) is 0 Å². The summed E-state index contributed by atoms with van der Waals surface area (Å²) < 4.78 is 5.17. The number of fused-ring (bicyclic) bond motifs is 2. The summed E-state index contributed by atoms with van der Waals surface area (Å²) in [6.07, 6.45) is 0.904. The number of benzene rings is 3. The van der Waals surface area contributed by atoms with Crippen LogP contribution in [0.3, 0.4) is 0 Å². The van der Waals surface area contributed by atoms with Crippen molar-refractivity contribution >= 4 is 27.6 Å². The van der Waals surface area contributed by atoms with E-state index in [1.807, 2.05) is 12.1 Å². The number of aromatic amines is 1. The SMILES string of the molecule is O=c1[nH]c2c(CCN3CCN(c4cccc5ccccc45)CC3)cccc2o1. The van der Waals surface area contributed by atoms with Crippen LogP contribution in [0.1, 0.15) is 5.56 Å². The van der Waals surface area contributed by atoms with Gasteiger partial charge in [-0.3, -0.25) is 9.88 Å². The molecule has 5 rings (SSSR count). The van der Waals surface area contributed by atoms with Crippen LogP contribution < -0.4 is 10.7 Å². The van der Waals surface area contributed by atoms with Crippen molar-refractivity contribution in [1.82, 2.24) is 9.88 Å². The fraction of sp³-hybridized carbons (Fsp3) is 0.261. The summed E-state index contributed by atoms with van der Waals surface area (Å²) >= 11 is 0. The average molecular weight is 373 g/mol. The number of oxazole rings is 1. The van der Waals surface area contributed by atoms with Crippen molar-refractivity contribution in [2.75, 3.05) is 37.6 Å². The van der Waals surface area contributed by atoms with Gasteiger partial charge in [-0.05, 0) is 29.5 Å². The molecule has 0 saturated carbocycles. The smallest absolute Gasteiger partial charge is 0.408 e. The van der Waals surface area contributed by atoms with Crippen molar-refractivity contribution in [1.29, 1.82) is 0 Å². The second-order valence-electron chi connectivity index (χ2n) is 7.38. The summed E-state index contributed by atoms with van der Waals surface area (Å²) in [7, 11) is 0. The lowest BCUT2D eigenvalue weighted by atomic mass is 10.1. The number of rotatable bonds is 4. The van der Waals surface area contributed by atoms with Crippen molar-refractivity contribution in [2.24, 2.45) is 0 Å². The molecule has 0 aliphatic carbocycles. The summed E-state index contributed by atoms with van der Waals surface area (Å²) in [5.41, 5.74) is 3.95. The zero-order valence-corrected chi connectivity index (χ0v) is 15.7. The van der Waals surface area contributed by atoms with Crippen LogP contribution in [0.15, 0.2) is 69.9 Å². The van der Waals surface area contributed by atoms with E-state index in [9.17, 15) is 4.79 Å². The normalized spacial score (nSPS) is 15.5. The second kappa shape index (κ2) is 7.17. The molecule has 5 heteroatoms. The zero-order valence-electron chi connectivity index (χ0n) is 15.7. The number of hydrogen-bond donors (Lipinski definition) is 1. The maximum absolute atomic E-state index is 11.5. The molecule has 0 spiro atoms. The Kier molecular flexibility index (Phi) is 4.37. The minimum Gasteiger partial charge on any atom is -0.408 e. The molecule has 0 amide bonds. The number of hydrogen-bond acceptors (Lipinski definition) is 4. The van der Waals surface area contributed by atoms with E-state index in [-0.39, 0.29) is 5.76 Å². The Hall–Kier alpha value is -3.05. The second-order valence-corrected chi connectivity index (χ2v) is 7.38. The van der Waals surface area contributed by atoms with Gasteiger partial charge in [0.25, 0.3) is 0 Å². The fourth-order valence-electron chi connectivity index (χ4n) is 4.21. The summed E-state index contributed by atoms with van der Waals surface area (Å²) in [6.45, 7) is 5.12. The largest absolute Gasteiger partial charge is 0.417 e. The number of anilines is 1. The molecule has 1 aliphatic heterocycles. The third-order valence-corrected chi connectivity index (χ3v) is 5.72. The maximum atomic E-state index is 11.5. The first kappa shape index (κ1) is 17.1. The molecule has 0 atom stereocenters. The Morgan fingerprint density at radius 3 is 2.57 bits per heavy atom. The first-order valence-corrected chi connectivity index (χ1v) is 9.84. The van der Waals surface area contributed by atoms with Gasteiger partial charge in [0.2, 0.25) is 0 Å². The minimum absolute atomic E-state index is 0.383. The molecule has 1 N–H and O–H groups in total. The number of para-hydroxylation sites is 1. The van der Waals surface area contributed by atoms with Crippen LogP contribution in [0.4, 0.5) is 5.69 Å². The molecule has 0 bridgehead atoms. The predicted molar refractivity (Wildman–Crippen MR) is 113 cm³/mol. The van der Waals surface area contributed by atoms with E-state index in [4.69, 9.17) is 4.42 Å². The number of nitrogens with one attached hydrogen (secondary N) is 1. The molecule has 1 fully saturated rings. The lowest BCUT2D eigenvalue weighted by molar-refractivity contribution is 0.261. The van der Waals surface area contributed by atoms with Gasteiger partial charge < -0.3 is 9.32 Å². The molecule has 142 valence electrons. The Labute approximate surface area is 163 Å². The van der Waals surface area contributed by atoms with Crippen molar-refractivity contribution in [3.63, 3.8) is 0 Å². The fourth-order valence-corrected chi connectivity index (χ4v) is 4.21. The van der Waals surface area contributed by atoms with E-state index >= 15 is 0 Å². The highest BCUT2D eigenvalue weighted by Gasteiger charge is 2.19. The Morgan fingerprint density at radius 1 is 0.893 bits per heavy atom. The van der Waals surface area contributed by atoms with Gasteiger partial charge in [-0.1, -0.05) is 48.5 Å². The number of nitrogens with zero attached hydrogens (tertiary/aromatic N) is 2. The van der Waals surface area contributed by atoms with Gasteiger partial charge >= 0.3 is 5.76 Å². The molecular weight excluding hydrogens is 350 g/mol. The summed E-state index contributed by atoms with van der Waals surface area (Å²) in [5.74, 6) is -0.383. The van der Waals surface area contributed by atoms with Crippen LogP contribution >= 0.6 is 0 Å². The molecule has 5 nitrogen and oxygen atoms in total. The van der Waals surface area contributed by atoms with Gasteiger partial charge in [-0.2, -0.15) is 0 Å². The summed E-state index contributed by atoms with van der Waals surface area (Å²) in [5, 5.41) is 2.62. The van der Waals surface area contributed by atoms with Crippen LogP contribution in [-0.2, 0) is 6.42 Å². The summed E-state index contributed by atoms with van der Waals surface area (Å²) in [4.78, 5) is 19.3. The van der Waals surface area contributed by atoms with Crippen molar-refractivity contribution in [3.05, 3.63) is 76.8 Å². The van der Waals surface area contributed by atoms with E-state index in [1.165, 1.54) is 16.5 Å². The molecule has 0 unspecified atom stereocenters. The Morgan fingerprint density at radius 2 is 1.68 bits per heavy atom. The first-order valence-electron chi connectivity index (χ1n) is 9.84.